The lowest BCUT2D eigenvalue weighted by Crippen LogP contribution is -2.54. The second-order valence-corrected chi connectivity index (χ2v) is 10.6. The first kappa shape index (κ1) is 24.0. The molecule has 3 rings (SSSR count). The van der Waals surface area contributed by atoms with Crippen molar-refractivity contribution in [1.82, 2.24) is 25.0 Å². The number of aliphatic imine (C=N–C) groups is 1. The third kappa shape index (κ3) is 7.17. The zero-order valence-corrected chi connectivity index (χ0v) is 20.6. The van der Waals surface area contributed by atoms with Crippen LogP contribution in [0.3, 0.4) is 0 Å². The number of piperazine rings is 1. The molecule has 174 valence electrons. The number of likely N-dealkylation sites (tertiary alicyclic amines) is 1. The zero-order valence-electron chi connectivity index (χ0n) is 19.8. The molecule has 0 radical (unpaired) electrons. The first-order valence-corrected chi connectivity index (χ1v) is 12.7. The predicted octanol–water partition coefficient (Wildman–Crippen LogP) is 2.58. The van der Waals surface area contributed by atoms with Crippen molar-refractivity contribution in [2.75, 3.05) is 59.4 Å². The molecule has 7 nitrogen and oxygen atoms in total. The molecule has 31 heavy (non-hydrogen) atoms. The van der Waals surface area contributed by atoms with Gasteiger partial charge >= 0.3 is 0 Å². The van der Waals surface area contributed by atoms with Crippen molar-refractivity contribution in [1.29, 1.82) is 0 Å². The first-order chi connectivity index (χ1) is 14.9. The molecule has 8 heteroatoms. The summed E-state index contributed by atoms with van der Waals surface area (Å²) in [7, 11) is 1.85. The Balaban J connectivity index is 1.39. The second kappa shape index (κ2) is 11.3. The van der Waals surface area contributed by atoms with Crippen LogP contribution in [0.2, 0.25) is 0 Å². The fraction of sp³-hybridized carbons (Fsp3) is 0.783. The van der Waals surface area contributed by atoms with Gasteiger partial charge in [0.25, 0.3) is 0 Å². The van der Waals surface area contributed by atoms with Gasteiger partial charge in [-0.3, -0.25) is 14.7 Å². The Morgan fingerprint density at radius 3 is 2.32 bits per heavy atom. The molecule has 0 aromatic carbocycles. The first-order valence-electron chi connectivity index (χ1n) is 11.8. The average molecular weight is 449 g/mol. The van der Waals surface area contributed by atoms with Gasteiger partial charge in [0.05, 0.1) is 17.2 Å². The predicted molar refractivity (Wildman–Crippen MR) is 129 cm³/mol. The van der Waals surface area contributed by atoms with Crippen molar-refractivity contribution in [3.63, 3.8) is 0 Å². The van der Waals surface area contributed by atoms with Gasteiger partial charge in [-0.2, -0.15) is 0 Å². The third-order valence-electron chi connectivity index (χ3n) is 6.14. The number of nitrogens with one attached hydrogen (secondary N) is 1. The van der Waals surface area contributed by atoms with Gasteiger partial charge in [0.1, 0.15) is 0 Å². The number of hydrogen-bond acceptors (Lipinski definition) is 5. The van der Waals surface area contributed by atoms with Crippen LogP contribution in [0.5, 0.6) is 0 Å². The molecule has 1 N–H and O–H groups in total. The van der Waals surface area contributed by atoms with Crippen molar-refractivity contribution in [3.05, 3.63) is 16.1 Å². The molecule has 0 spiro atoms. The number of rotatable bonds is 5. The molecule has 2 fully saturated rings. The number of hydrogen-bond donors (Lipinski definition) is 1. The Bertz CT molecular complexity index is 725. The van der Waals surface area contributed by atoms with Gasteiger partial charge in [0.2, 0.25) is 5.91 Å². The molecule has 0 bridgehead atoms. The highest BCUT2D eigenvalue weighted by molar-refractivity contribution is 7.09. The monoisotopic (exact) mass is 448 g/mol. The summed E-state index contributed by atoms with van der Waals surface area (Å²) >= 11 is 1.74. The van der Waals surface area contributed by atoms with Crippen LogP contribution in [0.15, 0.2) is 10.4 Å². The van der Waals surface area contributed by atoms with E-state index in [-0.39, 0.29) is 5.41 Å². The number of aromatic nitrogens is 1. The van der Waals surface area contributed by atoms with Crippen LogP contribution in [0.25, 0.3) is 0 Å². The maximum Gasteiger partial charge on any atom is 0.236 e. The Morgan fingerprint density at radius 1 is 1.06 bits per heavy atom. The minimum Gasteiger partial charge on any atom is -0.356 e. The number of carbonyl (C=O) groups excluding carboxylic acids is 1. The van der Waals surface area contributed by atoms with Gasteiger partial charge in [-0.1, -0.05) is 33.6 Å². The normalized spacial score (nSPS) is 19.4. The van der Waals surface area contributed by atoms with E-state index >= 15 is 0 Å². The number of guanidine groups is 1. The van der Waals surface area contributed by atoms with Gasteiger partial charge in [0, 0.05) is 70.1 Å². The van der Waals surface area contributed by atoms with Crippen LogP contribution in [0.1, 0.15) is 57.2 Å². The lowest BCUT2D eigenvalue weighted by Gasteiger charge is -2.37. The van der Waals surface area contributed by atoms with Gasteiger partial charge < -0.3 is 15.1 Å². The molecule has 2 aliphatic rings. The van der Waals surface area contributed by atoms with E-state index in [9.17, 15) is 4.79 Å². The van der Waals surface area contributed by atoms with Gasteiger partial charge in [0.15, 0.2) is 5.96 Å². The number of nitrogens with zero attached hydrogens (tertiary/aromatic N) is 5. The molecule has 2 saturated heterocycles. The Morgan fingerprint density at radius 2 is 1.74 bits per heavy atom. The molecular formula is C23H40N6OS. The third-order valence-corrected chi connectivity index (χ3v) is 7.05. The summed E-state index contributed by atoms with van der Waals surface area (Å²) < 4.78 is 0. The highest BCUT2D eigenvalue weighted by Gasteiger charge is 2.24. The van der Waals surface area contributed by atoms with Crippen LogP contribution < -0.4 is 5.32 Å². The van der Waals surface area contributed by atoms with E-state index in [1.165, 1.54) is 23.5 Å². The smallest absolute Gasteiger partial charge is 0.236 e. The summed E-state index contributed by atoms with van der Waals surface area (Å²) in [5.41, 5.74) is 1.27. The minimum absolute atomic E-state index is 0.104. The highest BCUT2D eigenvalue weighted by Crippen LogP contribution is 2.23. The summed E-state index contributed by atoms with van der Waals surface area (Å²) in [4.78, 5) is 28.6. The quantitative estimate of drug-likeness (QED) is 0.554. The van der Waals surface area contributed by atoms with Crippen molar-refractivity contribution in [2.24, 2.45) is 4.99 Å². The second-order valence-electron chi connectivity index (χ2n) is 9.66. The van der Waals surface area contributed by atoms with E-state index in [0.29, 0.717) is 12.5 Å². The Kier molecular flexibility index (Phi) is 8.72. The van der Waals surface area contributed by atoms with Crippen LogP contribution in [-0.4, -0.2) is 91.0 Å². The lowest BCUT2D eigenvalue weighted by molar-refractivity contribution is -0.132. The lowest BCUT2D eigenvalue weighted by atomic mass is 9.93. The van der Waals surface area contributed by atoms with Crippen molar-refractivity contribution < 1.29 is 4.79 Å². The van der Waals surface area contributed by atoms with E-state index in [0.717, 1.165) is 71.0 Å². The number of amides is 1. The molecule has 0 saturated carbocycles. The standard InChI is InChI=1S/C23H40N6OS/c1-23(2,3)19-18-31-20(26-19)9-10-25-22(24-4)29-15-13-27(14-16-29)17-21(30)28-11-7-5-6-8-12-28/h18H,5-17H2,1-4H3,(H,24,25). The fourth-order valence-corrected chi connectivity index (χ4v) is 5.14. The van der Waals surface area contributed by atoms with Crippen molar-refractivity contribution in [3.8, 4) is 0 Å². The van der Waals surface area contributed by atoms with Crippen LogP contribution in [-0.2, 0) is 16.6 Å². The molecule has 3 heterocycles. The Labute approximate surface area is 191 Å². The summed E-state index contributed by atoms with van der Waals surface area (Å²) in [5.74, 6) is 1.25. The summed E-state index contributed by atoms with van der Waals surface area (Å²) in [6, 6.07) is 0. The summed E-state index contributed by atoms with van der Waals surface area (Å²) in [6.45, 7) is 13.5. The molecule has 1 amide bonds. The number of carbonyl (C=O) groups is 1. The van der Waals surface area contributed by atoms with Crippen LogP contribution in [0, 0.1) is 0 Å². The maximum atomic E-state index is 12.7. The van der Waals surface area contributed by atoms with Crippen LogP contribution >= 0.6 is 11.3 Å². The Hall–Kier alpha value is -1.67. The van der Waals surface area contributed by atoms with Crippen molar-refractivity contribution >= 4 is 23.2 Å². The average Bonchev–Trinajstić information content (AvgIpc) is 3.06. The summed E-state index contributed by atoms with van der Waals surface area (Å²) in [6.07, 6.45) is 5.73. The maximum absolute atomic E-state index is 12.7. The molecule has 1 aromatic rings. The fourth-order valence-electron chi connectivity index (χ4n) is 4.11. The minimum atomic E-state index is 0.104. The number of thiazole rings is 1. The van der Waals surface area contributed by atoms with Gasteiger partial charge in [-0.15, -0.1) is 11.3 Å². The summed E-state index contributed by atoms with van der Waals surface area (Å²) in [5, 5.41) is 6.85. The van der Waals surface area contributed by atoms with Gasteiger partial charge in [-0.25, -0.2) is 4.98 Å². The topological polar surface area (TPSA) is 64.1 Å². The SMILES string of the molecule is CN=C(NCCc1nc(C(C)(C)C)cs1)N1CCN(CC(=O)N2CCCCCC2)CC1. The zero-order chi connectivity index (χ0) is 22.3. The van der Waals surface area contributed by atoms with Crippen LogP contribution in [0.4, 0.5) is 0 Å². The van der Waals surface area contributed by atoms with E-state index in [1.807, 2.05) is 7.05 Å². The molecule has 2 aliphatic heterocycles. The van der Waals surface area contributed by atoms with E-state index in [1.54, 1.807) is 11.3 Å². The van der Waals surface area contributed by atoms with E-state index in [4.69, 9.17) is 4.98 Å². The molecule has 0 unspecified atom stereocenters. The van der Waals surface area contributed by atoms with Crippen molar-refractivity contribution in [2.45, 2.75) is 58.3 Å². The molecule has 0 atom stereocenters. The largest absolute Gasteiger partial charge is 0.356 e. The van der Waals surface area contributed by atoms with Gasteiger partial charge in [-0.05, 0) is 12.8 Å². The molecule has 0 aliphatic carbocycles. The molecular weight excluding hydrogens is 408 g/mol. The molecule has 1 aromatic heterocycles. The van der Waals surface area contributed by atoms with E-state index < -0.39 is 0 Å². The van der Waals surface area contributed by atoms with E-state index in [2.05, 4.69) is 51.2 Å². The highest BCUT2D eigenvalue weighted by atomic mass is 32.1.